The third-order valence-corrected chi connectivity index (χ3v) is 3.62. The van der Waals surface area contributed by atoms with Gasteiger partial charge in [-0.25, -0.2) is 0 Å². The lowest BCUT2D eigenvalue weighted by atomic mass is 10.1. The standard InChI is InChI=1S/C15H20N2O4/c1-20-13-4-3-12(9-14(13)21-2)10-15(19)17-7-5-16(11-18)6-8-17/h3-4,9,11H,5-8,10H2,1-2H3. The van der Waals surface area contributed by atoms with Crippen LogP contribution in [0.25, 0.3) is 0 Å². The second-order valence-corrected chi connectivity index (χ2v) is 4.89. The molecule has 0 aliphatic carbocycles. The summed E-state index contributed by atoms with van der Waals surface area (Å²) >= 11 is 0. The number of carbonyl (C=O) groups excluding carboxylic acids is 2. The zero-order valence-electron chi connectivity index (χ0n) is 12.4. The topological polar surface area (TPSA) is 59.1 Å². The molecule has 6 nitrogen and oxygen atoms in total. The van der Waals surface area contributed by atoms with Crippen molar-refractivity contribution >= 4 is 12.3 Å². The van der Waals surface area contributed by atoms with Crippen molar-refractivity contribution in [2.75, 3.05) is 40.4 Å². The van der Waals surface area contributed by atoms with E-state index in [-0.39, 0.29) is 5.91 Å². The van der Waals surface area contributed by atoms with E-state index < -0.39 is 0 Å². The third kappa shape index (κ3) is 3.65. The smallest absolute Gasteiger partial charge is 0.227 e. The van der Waals surface area contributed by atoms with Crippen molar-refractivity contribution in [2.24, 2.45) is 0 Å². The average Bonchev–Trinajstić information content (AvgIpc) is 2.54. The van der Waals surface area contributed by atoms with Crippen LogP contribution < -0.4 is 9.47 Å². The molecule has 21 heavy (non-hydrogen) atoms. The van der Waals surface area contributed by atoms with Crippen LogP contribution in [0.2, 0.25) is 0 Å². The van der Waals surface area contributed by atoms with Gasteiger partial charge in [0.25, 0.3) is 0 Å². The van der Waals surface area contributed by atoms with Crippen LogP contribution in [-0.2, 0) is 16.0 Å². The second kappa shape index (κ2) is 6.97. The Bertz CT molecular complexity index is 510. The van der Waals surface area contributed by atoms with E-state index in [0.29, 0.717) is 44.1 Å². The Labute approximate surface area is 124 Å². The number of piperazine rings is 1. The van der Waals surface area contributed by atoms with Crippen molar-refractivity contribution in [1.29, 1.82) is 0 Å². The first-order valence-corrected chi connectivity index (χ1v) is 6.86. The summed E-state index contributed by atoms with van der Waals surface area (Å²) in [6.07, 6.45) is 1.15. The fourth-order valence-corrected chi connectivity index (χ4v) is 2.35. The minimum atomic E-state index is 0.0627. The van der Waals surface area contributed by atoms with Crippen molar-refractivity contribution in [2.45, 2.75) is 6.42 Å². The summed E-state index contributed by atoms with van der Waals surface area (Å²) in [5.41, 5.74) is 0.885. The summed E-state index contributed by atoms with van der Waals surface area (Å²) in [6, 6.07) is 5.48. The van der Waals surface area contributed by atoms with Gasteiger partial charge in [0.05, 0.1) is 20.6 Å². The van der Waals surface area contributed by atoms with Crippen molar-refractivity contribution in [3.8, 4) is 11.5 Å². The molecular weight excluding hydrogens is 272 g/mol. The van der Waals surface area contributed by atoms with Crippen LogP contribution in [0, 0.1) is 0 Å². The maximum Gasteiger partial charge on any atom is 0.227 e. The molecule has 2 amide bonds. The monoisotopic (exact) mass is 292 g/mol. The molecular formula is C15H20N2O4. The normalized spacial score (nSPS) is 14.8. The van der Waals surface area contributed by atoms with Gasteiger partial charge < -0.3 is 19.3 Å². The Morgan fingerprint density at radius 2 is 1.81 bits per heavy atom. The first-order chi connectivity index (χ1) is 10.2. The molecule has 1 aromatic rings. The Morgan fingerprint density at radius 1 is 1.14 bits per heavy atom. The van der Waals surface area contributed by atoms with E-state index in [2.05, 4.69) is 0 Å². The predicted octanol–water partition coefficient (Wildman–Crippen LogP) is 0.547. The maximum absolute atomic E-state index is 12.3. The van der Waals surface area contributed by atoms with Gasteiger partial charge in [-0.1, -0.05) is 6.07 Å². The molecule has 0 aromatic heterocycles. The molecule has 0 unspecified atom stereocenters. The molecule has 114 valence electrons. The highest BCUT2D eigenvalue weighted by Gasteiger charge is 2.20. The summed E-state index contributed by atoms with van der Waals surface area (Å²) in [5, 5.41) is 0. The Hall–Kier alpha value is -2.24. The van der Waals surface area contributed by atoms with E-state index in [9.17, 15) is 9.59 Å². The number of carbonyl (C=O) groups is 2. The van der Waals surface area contributed by atoms with Crippen LogP contribution >= 0.6 is 0 Å². The fraction of sp³-hybridized carbons (Fsp3) is 0.467. The van der Waals surface area contributed by atoms with Crippen LogP contribution in [0.4, 0.5) is 0 Å². The van der Waals surface area contributed by atoms with Crippen LogP contribution in [0.5, 0.6) is 11.5 Å². The summed E-state index contributed by atoms with van der Waals surface area (Å²) in [5.74, 6) is 1.33. The van der Waals surface area contributed by atoms with Gasteiger partial charge in [-0.3, -0.25) is 9.59 Å². The molecule has 0 spiro atoms. The summed E-state index contributed by atoms with van der Waals surface area (Å²) < 4.78 is 10.4. The van der Waals surface area contributed by atoms with E-state index in [1.807, 2.05) is 12.1 Å². The van der Waals surface area contributed by atoms with Crippen molar-refractivity contribution in [3.05, 3.63) is 23.8 Å². The molecule has 0 radical (unpaired) electrons. The highest BCUT2D eigenvalue weighted by Crippen LogP contribution is 2.27. The zero-order valence-corrected chi connectivity index (χ0v) is 12.4. The summed E-state index contributed by atoms with van der Waals surface area (Å²) in [7, 11) is 3.15. The minimum absolute atomic E-state index is 0.0627. The van der Waals surface area contributed by atoms with E-state index in [1.54, 1.807) is 30.1 Å². The van der Waals surface area contributed by atoms with Crippen LogP contribution in [0.3, 0.4) is 0 Å². The Morgan fingerprint density at radius 3 is 2.38 bits per heavy atom. The van der Waals surface area contributed by atoms with Gasteiger partial charge in [-0.15, -0.1) is 0 Å². The molecule has 1 heterocycles. The molecule has 0 bridgehead atoms. The zero-order chi connectivity index (χ0) is 15.2. The quantitative estimate of drug-likeness (QED) is 0.744. The van der Waals surface area contributed by atoms with E-state index in [0.717, 1.165) is 12.0 Å². The molecule has 0 atom stereocenters. The lowest BCUT2D eigenvalue weighted by Gasteiger charge is -2.32. The van der Waals surface area contributed by atoms with Crippen LogP contribution in [-0.4, -0.2) is 62.5 Å². The molecule has 1 aliphatic rings. The molecule has 6 heteroatoms. The minimum Gasteiger partial charge on any atom is -0.493 e. The molecule has 0 saturated carbocycles. The highest BCUT2D eigenvalue weighted by atomic mass is 16.5. The lowest BCUT2D eigenvalue weighted by molar-refractivity contribution is -0.134. The van der Waals surface area contributed by atoms with Crippen molar-refractivity contribution < 1.29 is 19.1 Å². The molecule has 0 N–H and O–H groups in total. The van der Waals surface area contributed by atoms with Gasteiger partial charge >= 0.3 is 0 Å². The van der Waals surface area contributed by atoms with Gasteiger partial charge in [0.2, 0.25) is 12.3 Å². The summed E-state index contributed by atoms with van der Waals surface area (Å²) in [6.45, 7) is 2.37. The number of rotatable bonds is 5. The van der Waals surface area contributed by atoms with E-state index >= 15 is 0 Å². The van der Waals surface area contributed by atoms with E-state index in [1.165, 1.54) is 0 Å². The van der Waals surface area contributed by atoms with Crippen LogP contribution in [0.15, 0.2) is 18.2 Å². The van der Waals surface area contributed by atoms with Gasteiger partial charge in [0.1, 0.15) is 0 Å². The number of benzene rings is 1. The molecule has 1 fully saturated rings. The second-order valence-electron chi connectivity index (χ2n) is 4.89. The van der Waals surface area contributed by atoms with Gasteiger partial charge in [0, 0.05) is 26.2 Å². The van der Waals surface area contributed by atoms with Gasteiger partial charge in [0.15, 0.2) is 11.5 Å². The number of nitrogens with zero attached hydrogens (tertiary/aromatic N) is 2. The highest BCUT2D eigenvalue weighted by molar-refractivity contribution is 5.79. The third-order valence-electron chi connectivity index (χ3n) is 3.62. The first-order valence-electron chi connectivity index (χ1n) is 6.86. The van der Waals surface area contributed by atoms with Crippen molar-refractivity contribution in [1.82, 2.24) is 9.80 Å². The molecule has 2 rings (SSSR count). The number of methoxy groups -OCH3 is 2. The van der Waals surface area contributed by atoms with Crippen LogP contribution in [0.1, 0.15) is 5.56 Å². The van der Waals surface area contributed by atoms with Gasteiger partial charge in [-0.05, 0) is 17.7 Å². The molecule has 1 saturated heterocycles. The molecule has 1 aliphatic heterocycles. The van der Waals surface area contributed by atoms with Gasteiger partial charge in [-0.2, -0.15) is 0 Å². The number of hydrogen-bond donors (Lipinski definition) is 0. The molecule has 1 aromatic carbocycles. The number of hydrogen-bond acceptors (Lipinski definition) is 4. The summed E-state index contributed by atoms with van der Waals surface area (Å²) in [4.78, 5) is 26.4. The van der Waals surface area contributed by atoms with Crippen molar-refractivity contribution in [3.63, 3.8) is 0 Å². The average molecular weight is 292 g/mol. The number of amides is 2. The Balaban J connectivity index is 1.98. The Kier molecular flexibility index (Phi) is 5.03. The predicted molar refractivity (Wildman–Crippen MR) is 77.5 cm³/mol. The number of ether oxygens (including phenoxy) is 2. The largest absolute Gasteiger partial charge is 0.493 e. The lowest BCUT2D eigenvalue weighted by Crippen LogP contribution is -2.48. The fourth-order valence-electron chi connectivity index (χ4n) is 2.35. The first kappa shape index (κ1) is 15.2. The van der Waals surface area contributed by atoms with E-state index in [4.69, 9.17) is 9.47 Å². The SMILES string of the molecule is COc1ccc(CC(=O)N2CCN(C=O)CC2)cc1OC. The maximum atomic E-state index is 12.3.